The highest BCUT2D eigenvalue weighted by atomic mass is 35.5. The zero-order valence-electron chi connectivity index (χ0n) is 10.9. The lowest BCUT2D eigenvalue weighted by Gasteiger charge is -2.39. The van der Waals surface area contributed by atoms with Crippen molar-refractivity contribution in [3.8, 4) is 0 Å². The molecule has 4 heteroatoms. The molecule has 0 radical (unpaired) electrons. The maximum atomic E-state index is 12.4. The van der Waals surface area contributed by atoms with Crippen LogP contribution in [-0.2, 0) is 4.79 Å². The van der Waals surface area contributed by atoms with Gasteiger partial charge in [-0.1, -0.05) is 6.92 Å². The van der Waals surface area contributed by atoms with E-state index in [2.05, 4.69) is 24.1 Å². The maximum Gasteiger partial charge on any atom is 0.227 e. The smallest absolute Gasteiger partial charge is 0.227 e. The molecular formula is C13H25ClN2O. The molecule has 0 aromatic rings. The average molecular weight is 261 g/mol. The van der Waals surface area contributed by atoms with Crippen molar-refractivity contribution < 1.29 is 4.79 Å². The lowest BCUT2D eigenvalue weighted by molar-refractivity contribution is -0.140. The molecule has 2 aliphatic heterocycles. The van der Waals surface area contributed by atoms with E-state index < -0.39 is 0 Å². The molecule has 2 saturated heterocycles. The first kappa shape index (κ1) is 14.8. The van der Waals surface area contributed by atoms with Crippen LogP contribution in [0.2, 0.25) is 0 Å². The minimum atomic E-state index is 0. The van der Waals surface area contributed by atoms with Gasteiger partial charge in [0, 0.05) is 19.1 Å². The predicted octanol–water partition coefficient (Wildman–Crippen LogP) is 2.05. The van der Waals surface area contributed by atoms with E-state index >= 15 is 0 Å². The Labute approximate surface area is 111 Å². The van der Waals surface area contributed by atoms with E-state index in [1.54, 1.807) is 0 Å². The van der Waals surface area contributed by atoms with Crippen LogP contribution in [0.25, 0.3) is 0 Å². The fourth-order valence-electron chi connectivity index (χ4n) is 2.89. The monoisotopic (exact) mass is 260 g/mol. The largest absolute Gasteiger partial charge is 0.339 e. The topological polar surface area (TPSA) is 32.3 Å². The van der Waals surface area contributed by atoms with Crippen LogP contribution in [0.3, 0.4) is 0 Å². The number of hydrogen-bond donors (Lipinski definition) is 1. The molecule has 100 valence electrons. The summed E-state index contributed by atoms with van der Waals surface area (Å²) in [7, 11) is 0. The van der Waals surface area contributed by atoms with Gasteiger partial charge in [0.2, 0.25) is 5.91 Å². The molecule has 0 spiro atoms. The van der Waals surface area contributed by atoms with Crippen LogP contribution in [0.1, 0.15) is 39.5 Å². The highest BCUT2D eigenvalue weighted by Crippen LogP contribution is 2.24. The van der Waals surface area contributed by atoms with Crippen molar-refractivity contribution in [1.29, 1.82) is 0 Å². The number of nitrogens with zero attached hydrogens (tertiary/aromatic N) is 1. The van der Waals surface area contributed by atoms with Gasteiger partial charge in [0.1, 0.15) is 0 Å². The van der Waals surface area contributed by atoms with E-state index in [1.807, 2.05) is 0 Å². The van der Waals surface area contributed by atoms with Crippen LogP contribution in [-0.4, -0.2) is 36.5 Å². The Balaban J connectivity index is 0.00000144. The summed E-state index contributed by atoms with van der Waals surface area (Å²) in [6, 6.07) is 0.450. The minimum Gasteiger partial charge on any atom is -0.339 e. The summed E-state index contributed by atoms with van der Waals surface area (Å²) in [4.78, 5) is 14.5. The first-order valence-electron chi connectivity index (χ1n) is 6.69. The normalized spacial score (nSPS) is 34.0. The Bertz CT molecular complexity index is 254. The molecule has 0 saturated carbocycles. The Kier molecular flexibility index (Phi) is 5.74. The Morgan fingerprint density at radius 3 is 2.65 bits per heavy atom. The summed E-state index contributed by atoms with van der Waals surface area (Å²) >= 11 is 0. The van der Waals surface area contributed by atoms with Gasteiger partial charge in [-0.25, -0.2) is 0 Å². The molecule has 2 rings (SSSR count). The maximum absolute atomic E-state index is 12.4. The zero-order chi connectivity index (χ0) is 11.5. The van der Waals surface area contributed by atoms with Gasteiger partial charge in [0.25, 0.3) is 0 Å². The first-order valence-corrected chi connectivity index (χ1v) is 6.69. The molecule has 17 heavy (non-hydrogen) atoms. The molecule has 1 amide bonds. The number of halogens is 1. The molecule has 0 aliphatic carbocycles. The molecule has 2 aliphatic rings. The van der Waals surface area contributed by atoms with Crippen molar-refractivity contribution in [2.24, 2.45) is 11.8 Å². The molecule has 2 fully saturated rings. The average Bonchev–Trinajstić information content (AvgIpc) is 2.32. The molecule has 0 aromatic heterocycles. The molecule has 3 atom stereocenters. The molecule has 2 unspecified atom stereocenters. The van der Waals surface area contributed by atoms with E-state index in [0.29, 0.717) is 17.9 Å². The number of rotatable bonds is 1. The van der Waals surface area contributed by atoms with Gasteiger partial charge in [-0.3, -0.25) is 4.79 Å². The Morgan fingerprint density at radius 2 is 2.00 bits per heavy atom. The molecular weight excluding hydrogens is 236 g/mol. The third kappa shape index (κ3) is 3.59. The summed E-state index contributed by atoms with van der Waals surface area (Å²) in [5, 5.41) is 3.33. The second-order valence-corrected chi connectivity index (χ2v) is 5.57. The third-order valence-electron chi connectivity index (χ3n) is 4.05. The quantitative estimate of drug-likeness (QED) is 0.783. The number of amides is 1. The van der Waals surface area contributed by atoms with Crippen molar-refractivity contribution in [3.63, 3.8) is 0 Å². The van der Waals surface area contributed by atoms with Crippen molar-refractivity contribution in [2.45, 2.75) is 45.6 Å². The van der Waals surface area contributed by atoms with Crippen LogP contribution >= 0.6 is 12.4 Å². The van der Waals surface area contributed by atoms with E-state index in [9.17, 15) is 4.79 Å². The number of carbonyl (C=O) groups is 1. The van der Waals surface area contributed by atoms with Gasteiger partial charge in [-0.2, -0.15) is 0 Å². The number of nitrogens with one attached hydrogen (secondary N) is 1. The van der Waals surface area contributed by atoms with Crippen molar-refractivity contribution >= 4 is 18.3 Å². The first-order chi connectivity index (χ1) is 7.68. The standard InChI is InChI=1S/C13H24N2O.ClH/c1-10-5-6-11(2)15(9-10)13(16)12-4-3-7-14-8-12;/h10-12,14H,3-9H2,1-2H3;1H/t10?,11?,12-;/m1./s1. The Hall–Kier alpha value is -0.280. The highest BCUT2D eigenvalue weighted by molar-refractivity contribution is 5.85. The van der Waals surface area contributed by atoms with Crippen LogP contribution in [0.15, 0.2) is 0 Å². The fourth-order valence-corrected chi connectivity index (χ4v) is 2.89. The number of piperidine rings is 2. The number of carbonyl (C=O) groups excluding carboxylic acids is 1. The molecule has 0 aromatic carbocycles. The van der Waals surface area contributed by atoms with Crippen molar-refractivity contribution in [2.75, 3.05) is 19.6 Å². The van der Waals surface area contributed by atoms with E-state index in [4.69, 9.17) is 0 Å². The van der Waals surface area contributed by atoms with Crippen LogP contribution in [0.4, 0.5) is 0 Å². The summed E-state index contributed by atoms with van der Waals surface area (Å²) in [5.74, 6) is 1.31. The number of likely N-dealkylation sites (tertiary alicyclic amines) is 1. The van der Waals surface area contributed by atoms with Crippen molar-refractivity contribution in [1.82, 2.24) is 10.2 Å². The number of hydrogen-bond acceptors (Lipinski definition) is 2. The van der Waals surface area contributed by atoms with E-state index in [0.717, 1.165) is 32.5 Å². The van der Waals surface area contributed by atoms with E-state index in [-0.39, 0.29) is 18.3 Å². The minimum absolute atomic E-state index is 0. The lowest BCUT2D eigenvalue weighted by Crippen LogP contribution is -2.50. The molecule has 1 N–H and O–H groups in total. The lowest BCUT2D eigenvalue weighted by atomic mass is 9.91. The second kappa shape index (κ2) is 6.60. The van der Waals surface area contributed by atoms with Gasteiger partial charge >= 0.3 is 0 Å². The van der Waals surface area contributed by atoms with Gasteiger partial charge in [-0.15, -0.1) is 12.4 Å². The summed E-state index contributed by atoms with van der Waals surface area (Å²) in [6.07, 6.45) is 4.67. The van der Waals surface area contributed by atoms with Gasteiger partial charge in [0.05, 0.1) is 5.92 Å². The van der Waals surface area contributed by atoms with Gasteiger partial charge in [0.15, 0.2) is 0 Å². The van der Waals surface area contributed by atoms with Gasteiger partial charge < -0.3 is 10.2 Å². The molecule has 3 nitrogen and oxygen atoms in total. The SMILES string of the molecule is CC1CCC(C)N(C(=O)[C@@H]2CCCNC2)C1.Cl. The second-order valence-electron chi connectivity index (χ2n) is 5.57. The molecule has 0 bridgehead atoms. The zero-order valence-corrected chi connectivity index (χ0v) is 11.8. The highest BCUT2D eigenvalue weighted by Gasteiger charge is 2.31. The summed E-state index contributed by atoms with van der Waals surface area (Å²) in [5.41, 5.74) is 0. The van der Waals surface area contributed by atoms with Gasteiger partial charge in [-0.05, 0) is 45.1 Å². The summed E-state index contributed by atoms with van der Waals surface area (Å²) < 4.78 is 0. The summed E-state index contributed by atoms with van der Waals surface area (Å²) in [6.45, 7) is 7.38. The predicted molar refractivity (Wildman–Crippen MR) is 72.4 cm³/mol. The Morgan fingerprint density at radius 1 is 1.24 bits per heavy atom. The van der Waals surface area contributed by atoms with Crippen LogP contribution < -0.4 is 5.32 Å². The van der Waals surface area contributed by atoms with Crippen molar-refractivity contribution in [3.05, 3.63) is 0 Å². The molecule has 2 heterocycles. The van der Waals surface area contributed by atoms with Crippen LogP contribution in [0.5, 0.6) is 0 Å². The third-order valence-corrected chi connectivity index (χ3v) is 4.05. The van der Waals surface area contributed by atoms with E-state index in [1.165, 1.54) is 12.8 Å². The fraction of sp³-hybridized carbons (Fsp3) is 0.923. The van der Waals surface area contributed by atoms with Crippen LogP contribution in [0, 0.1) is 11.8 Å².